The Morgan fingerprint density at radius 2 is 2.05 bits per heavy atom. The molecule has 2 heterocycles. The van der Waals surface area contributed by atoms with Crippen molar-refractivity contribution in [1.29, 1.82) is 0 Å². The summed E-state index contributed by atoms with van der Waals surface area (Å²) in [6, 6.07) is 6.53. The highest BCUT2D eigenvalue weighted by atomic mass is 19.1. The van der Waals surface area contributed by atoms with E-state index in [9.17, 15) is 4.39 Å². The molecule has 0 radical (unpaired) electrons. The van der Waals surface area contributed by atoms with Gasteiger partial charge in [0.25, 0.3) is 0 Å². The van der Waals surface area contributed by atoms with Gasteiger partial charge >= 0.3 is 0 Å². The average Bonchev–Trinajstić information content (AvgIpc) is 2.94. The summed E-state index contributed by atoms with van der Waals surface area (Å²) in [7, 11) is 3.47. The number of rotatable bonds is 3. The average molecular weight is 272 g/mol. The van der Waals surface area contributed by atoms with Crippen LogP contribution in [0.1, 0.15) is 0 Å². The predicted octanol–water partition coefficient (Wildman–Crippen LogP) is 2.30. The van der Waals surface area contributed by atoms with E-state index in [0.717, 1.165) is 0 Å². The fraction of sp³-hybridized carbons (Fsp3) is 0.154. The van der Waals surface area contributed by atoms with E-state index in [1.54, 1.807) is 37.2 Å². The molecule has 0 bridgehead atoms. The highest BCUT2D eigenvalue weighted by Crippen LogP contribution is 2.29. The number of nitrogens with one attached hydrogen (secondary N) is 2. The maximum atomic E-state index is 13.9. The lowest BCUT2D eigenvalue weighted by molar-refractivity contribution is 0.627. The maximum absolute atomic E-state index is 13.9. The fourth-order valence-electron chi connectivity index (χ4n) is 2.01. The lowest BCUT2D eigenvalue weighted by Crippen LogP contribution is -2.14. The third-order valence-corrected chi connectivity index (χ3v) is 3.02. The molecule has 2 aromatic heterocycles. The van der Waals surface area contributed by atoms with Crippen molar-refractivity contribution in [2.75, 3.05) is 24.3 Å². The molecule has 1 aromatic carbocycles. The van der Waals surface area contributed by atoms with Gasteiger partial charge in [-0.05, 0) is 12.1 Å². The molecule has 0 unspecified atom stereocenters. The second kappa shape index (κ2) is 4.76. The molecule has 0 aliphatic heterocycles. The van der Waals surface area contributed by atoms with E-state index >= 15 is 0 Å². The molecule has 7 heteroatoms. The van der Waals surface area contributed by atoms with Crippen LogP contribution in [-0.2, 0) is 0 Å². The summed E-state index contributed by atoms with van der Waals surface area (Å²) in [4.78, 5) is 17.4. The summed E-state index contributed by atoms with van der Waals surface area (Å²) in [5.41, 5.74) is 1.63. The number of hydrogen-bond donors (Lipinski definition) is 2. The highest BCUT2D eigenvalue weighted by Gasteiger charge is 2.16. The van der Waals surface area contributed by atoms with Gasteiger partial charge in [0.1, 0.15) is 11.3 Å². The van der Waals surface area contributed by atoms with Gasteiger partial charge in [-0.1, -0.05) is 12.1 Å². The van der Waals surface area contributed by atoms with Crippen LogP contribution in [0.2, 0.25) is 0 Å². The number of benzene rings is 1. The SMILES string of the molecule is CNc1nc(N(C)c2ccccc2F)c2[nH]cnc2n1. The summed E-state index contributed by atoms with van der Waals surface area (Å²) in [5, 5.41) is 2.87. The van der Waals surface area contributed by atoms with Gasteiger partial charge in [-0.25, -0.2) is 9.37 Å². The number of para-hydroxylation sites is 1. The first-order chi connectivity index (χ1) is 9.70. The van der Waals surface area contributed by atoms with Crippen LogP contribution < -0.4 is 10.2 Å². The van der Waals surface area contributed by atoms with Crippen molar-refractivity contribution in [3.8, 4) is 0 Å². The van der Waals surface area contributed by atoms with Crippen molar-refractivity contribution in [2.45, 2.75) is 0 Å². The van der Waals surface area contributed by atoms with Crippen LogP contribution in [0.3, 0.4) is 0 Å². The van der Waals surface area contributed by atoms with E-state index in [1.807, 2.05) is 0 Å². The van der Waals surface area contributed by atoms with Crippen LogP contribution in [0, 0.1) is 5.82 Å². The van der Waals surface area contributed by atoms with Gasteiger partial charge in [-0.15, -0.1) is 0 Å². The first-order valence-electron chi connectivity index (χ1n) is 6.08. The van der Waals surface area contributed by atoms with Crippen molar-refractivity contribution < 1.29 is 4.39 Å². The van der Waals surface area contributed by atoms with Crippen molar-refractivity contribution in [2.24, 2.45) is 0 Å². The van der Waals surface area contributed by atoms with Gasteiger partial charge in [-0.2, -0.15) is 9.97 Å². The van der Waals surface area contributed by atoms with Crippen molar-refractivity contribution in [1.82, 2.24) is 19.9 Å². The minimum atomic E-state index is -0.313. The van der Waals surface area contributed by atoms with Gasteiger partial charge in [0.2, 0.25) is 5.95 Å². The summed E-state index contributed by atoms with van der Waals surface area (Å²) < 4.78 is 13.9. The van der Waals surface area contributed by atoms with Crippen molar-refractivity contribution >= 4 is 28.6 Å². The molecule has 3 aromatic rings. The Morgan fingerprint density at radius 3 is 2.80 bits per heavy atom. The van der Waals surface area contributed by atoms with Gasteiger partial charge in [-0.3, -0.25) is 0 Å². The number of nitrogens with zero attached hydrogens (tertiary/aromatic N) is 4. The number of fused-ring (bicyclic) bond motifs is 1. The number of hydrogen-bond acceptors (Lipinski definition) is 5. The summed E-state index contributed by atoms with van der Waals surface area (Å²) in [6.45, 7) is 0. The number of anilines is 3. The zero-order chi connectivity index (χ0) is 14.1. The van der Waals surface area contributed by atoms with E-state index in [1.165, 1.54) is 12.4 Å². The standard InChI is InChI=1S/C13H13FN6/c1-15-13-18-11-10(16-7-17-11)12(19-13)20(2)9-6-4-3-5-8(9)14/h3-7H,1-2H3,(H2,15,16,17,18,19). The monoisotopic (exact) mass is 272 g/mol. The topological polar surface area (TPSA) is 69.7 Å². The molecule has 0 saturated carbocycles. The third kappa shape index (κ3) is 1.93. The second-order valence-corrected chi connectivity index (χ2v) is 4.23. The minimum Gasteiger partial charge on any atom is -0.357 e. The Labute approximate surface area is 114 Å². The molecule has 3 rings (SSSR count). The highest BCUT2D eigenvalue weighted by molar-refractivity contribution is 5.86. The molecule has 0 amide bonds. The number of imidazole rings is 1. The quantitative estimate of drug-likeness (QED) is 0.765. The van der Waals surface area contributed by atoms with E-state index < -0.39 is 0 Å². The van der Waals surface area contributed by atoms with Crippen LogP contribution in [-0.4, -0.2) is 34.0 Å². The van der Waals surface area contributed by atoms with Gasteiger partial charge in [0, 0.05) is 14.1 Å². The Balaban J connectivity index is 2.18. The molecule has 0 fully saturated rings. The molecule has 0 atom stereocenters. The van der Waals surface area contributed by atoms with Crippen LogP contribution in [0.25, 0.3) is 11.2 Å². The molecular weight excluding hydrogens is 259 g/mol. The predicted molar refractivity (Wildman–Crippen MR) is 75.7 cm³/mol. The largest absolute Gasteiger partial charge is 0.357 e. The Morgan fingerprint density at radius 1 is 1.25 bits per heavy atom. The Hall–Kier alpha value is -2.70. The molecule has 102 valence electrons. The van der Waals surface area contributed by atoms with Crippen molar-refractivity contribution in [3.63, 3.8) is 0 Å². The first-order valence-corrected chi connectivity index (χ1v) is 6.08. The number of aromatic amines is 1. The Bertz CT molecular complexity index is 753. The lowest BCUT2D eigenvalue weighted by Gasteiger charge is -2.19. The number of H-pyrrole nitrogens is 1. The molecule has 0 aliphatic rings. The van der Waals surface area contributed by atoms with Crippen LogP contribution in [0.15, 0.2) is 30.6 Å². The summed E-state index contributed by atoms with van der Waals surface area (Å²) in [5.74, 6) is 0.678. The summed E-state index contributed by atoms with van der Waals surface area (Å²) >= 11 is 0. The number of halogens is 1. The van der Waals surface area contributed by atoms with Gasteiger partial charge < -0.3 is 15.2 Å². The first kappa shape index (κ1) is 12.3. The molecule has 0 aliphatic carbocycles. The molecule has 0 saturated heterocycles. The lowest BCUT2D eigenvalue weighted by atomic mass is 10.3. The number of aromatic nitrogens is 4. The van der Waals surface area contributed by atoms with Crippen molar-refractivity contribution in [3.05, 3.63) is 36.4 Å². The molecular formula is C13H13FN6. The van der Waals surface area contributed by atoms with E-state index in [-0.39, 0.29) is 5.82 Å². The minimum absolute atomic E-state index is 0.313. The second-order valence-electron chi connectivity index (χ2n) is 4.23. The zero-order valence-electron chi connectivity index (χ0n) is 11.1. The maximum Gasteiger partial charge on any atom is 0.226 e. The third-order valence-electron chi connectivity index (χ3n) is 3.02. The van der Waals surface area contributed by atoms with Gasteiger partial charge in [0.05, 0.1) is 12.0 Å². The summed E-state index contributed by atoms with van der Waals surface area (Å²) in [6.07, 6.45) is 1.54. The molecule has 6 nitrogen and oxygen atoms in total. The molecule has 0 spiro atoms. The fourth-order valence-corrected chi connectivity index (χ4v) is 2.01. The van der Waals surface area contributed by atoms with Gasteiger partial charge in [0.15, 0.2) is 11.5 Å². The molecule has 2 N–H and O–H groups in total. The van der Waals surface area contributed by atoms with Crippen LogP contribution >= 0.6 is 0 Å². The normalized spacial score (nSPS) is 10.8. The Kier molecular flexibility index (Phi) is 2.94. The van der Waals surface area contributed by atoms with Crippen LogP contribution in [0.4, 0.5) is 21.8 Å². The van der Waals surface area contributed by atoms with E-state index in [4.69, 9.17) is 0 Å². The smallest absolute Gasteiger partial charge is 0.226 e. The van der Waals surface area contributed by atoms with E-state index in [0.29, 0.717) is 28.6 Å². The van der Waals surface area contributed by atoms with E-state index in [2.05, 4.69) is 25.3 Å². The zero-order valence-corrected chi connectivity index (χ0v) is 11.1. The molecule has 20 heavy (non-hydrogen) atoms. The van der Waals surface area contributed by atoms with Crippen LogP contribution in [0.5, 0.6) is 0 Å².